The number of ether oxygens (including phenoxy) is 1. The second kappa shape index (κ2) is 10.7. The molecule has 1 aromatic rings. The van der Waals surface area contributed by atoms with E-state index >= 15 is 0 Å². The van der Waals surface area contributed by atoms with Crippen molar-refractivity contribution in [3.63, 3.8) is 0 Å². The molecular formula is C34H50O4. The van der Waals surface area contributed by atoms with E-state index in [1.54, 1.807) is 0 Å². The molecule has 0 saturated heterocycles. The minimum Gasteiger partial charge on any atom is -0.465 e. The van der Waals surface area contributed by atoms with E-state index in [2.05, 4.69) is 39.8 Å². The first kappa shape index (κ1) is 27.9. The van der Waals surface area contributed by atoms with E-state index < -0.39 is 0 Å². The van der Waals surface area contributed by atoms with Crippen molar-refractivity contribution in [2.75, 3.05) is 7.11 Å². The number of hydrogen-bond donors (Lipinski definition) is 2. The summed E-state index contributed by atoms with van der Waals surface area (Å²) >= 11 is 0. The lowest BCUT2D eigenvalue weighted by Crippen LogP contribution is -2.62. The highest BCUT2D eigenvalue weighted by atomic mass is 16.5. The second-order valence-electron chi connectivity index (χ2n) is 13.9. The smallest absolute Gasteiger partial charge is 0.337 e. The molecule has 210 valence electrons. The summed E-state index contributed by atoms with van der Waals surface area (Å²) in [6.45, 7) is 9.77. The molecule has 0 aliphatic heterocycles. The fourth-order valence-corrected chi connectivity index (χ4v) is 10.4. The molecule has 5 rings (SSSR count). The SMILES string of the molecule is CC[C@H]1[C@@H](O)[C@@H]2[C@H](CC[C@]3(C)[C@@H]([C@H](C)C/C=C/c4ccc(C(=O)OC)cc4)CC[C@@H]23)[C@@]2(C)CC[C@@H](O)C[C@@H]12. The third-order valence-electron chi connectivity index (χ3n) is 12.3. The van der Waals surface area contributed by atoms with Gasteiger partial charge in [0.25, 0.3) is 0 Å². The zero-order valence-electron chi connectivity index (χ0n) is 24.2. The van der Waals surface area contributed by atoms with Gasteiger partial charge in [-0.1, -0.05) is 58.4 Å². The molecule has 11 atom stereocenters. The maximum Gasteiger partial charge on any atom is 0.337 e. The number of esters is 1. The number of carbonyl (C=O) groups excluding carboxylic acids is 1. The quantitative estimate of drug-likeness (QED) is 0.390. The number of benzene rings is 1. The van der Waals surface area contributed by atoms with Crippen LogP contribution in [0.25, 0.3) is 6.08 Å². The lowest BCUT2D eigenvalue weighted by molar-refractivity contribution is -0.203. The summed E-state index contributed by atoms with van der Waals surface area (Å²) in [6.07, 6.45) is 14.1. The van der Waals surface area contributed by atoms with Crippen LogP contribution < -0.4 is 0 Å². The fourth-order valence-electron chi connectivity index (χ4n) is 10.4. The van der Waals surface area contributed by atoms with Crippen LogP contribution in [-0.2, 0) is 4.74 Å². The van der Waals surface area contributed by atoms with Gasteiger partial charge in [-0.2, -0.15) is 0 Å². The Balaban J connectivity index is 1.30. The molecule has 0 heterocycles. The molecule has 0 aromatic heterocycles. The van der Waals surface area contributed by atoms with Crippen molar-refractivity contribution in [3.05, 3.63) is 41.5 Å². The predicted molar refractivity (Wildman–Crippen MR) is 152 cm³/mol. The molecule has 4 fully saturated rings. The van der Waals surface area contributed by atoms with E-state index in [1.807, 2.05) is 24.3 Å². The Kier molecular flexibility index (Phi) is 7.88. The van der Waals surface area contributed by atoms with E-state index in [4.69, 9.17) is 4.74 Å². The van der Waals surface area contributed by atoms with Crippen molar-refractivity contribution in [2.24, 2.45) is 52.3 Å². The molecule has 4 aliphatic carbocycles. The number of allylic oxidation sites excluding steroid dienone is 1. The molecule has 0 amide bonds. The molecule has 0 radical (unpaired) electrons. The first-order chi connectivity index (χ1) is 18.1. The second-order valence-corrected chi connectivity index (χ2v) is 13.9. The van der Waals surface area contributed by atoms with Crippen molar-refractivity contribution in [1.82, 2.24) is 0 Å². The standard InChI is InChI=1S/C34H50O4/c1-6-25-29-20-24(35)16-18-34(29,4)28-17-19-33(3)26(14-15-27(33)30(28)31(25)36)21(2)8-7-9-22-10-12-23(13-11-22)32(37)38-5/h7,9-13,21,24-31,35-36H,6,8,14-20H2,1-5H3/b9-7+/t21-,24-,25-,26-,27+,28+,29+,30+,31-,33-,34-/m1/s1. The molecule has 2 N–H and O–H groups in total. The molecular weight excluding hydrogens is 472 g/mol. The Morgan fingerprint density at radius 3 is 2.39 bits per heavy atom. The maximum atomic E-state index is 11.9. The maximum absolute atomic E-state index is 11.9. The van der Waals surface area contributed by atoms with Crippen molar-refractivity contribution < 1.29 is 19.7 Å². The highest BCUT2D eigenvalue weighted by Crippen LogP contribution is 2.69. The summed E-state index contributed by atoms with van der Waals surface area (Å²) in [5, 5.41) is 22.4. The summed E-state index contributed by atoms with van der Waals surface area (Å²) < 4.78 is 4.80. The summed E-state index contributed by atoms with van der Waals surface area (Å²) in [4.78, 5) is 11.7. The number of rotatable bonds is 6. The first-order valence-corrected chi connectivity index (χ1v) is 15.3. The van der Waals surface area contributed by atoms with E-state index in [9.17, 15) is 15.0 Å². The van der Waals surface area contributed by atoms with E-state index in [1.165, 1.54) is 32.8 Å². The Morgan fingerprint density at radius 1 is 1.03 bits per heavy atom. The topological polar surface area (TPSA) is 66.8 Å². The van der Waals surface area contributed by atoms with Gasteiger partial charge in [0.1, 0.15) is 0 Å². The Hall–Kier alpha value is -1.65. The lowest BCUT2D eigenvalue weighted by atomic mass is 9.41. The average molecular weight is 523 g/mol. The highest BCUT2D eigenvalue weighted by molar-refractivity contribution is 5.89. The lowest BCUT2D eigenvalue weighted by Gasteiger charge is -2.64. The number of aliphatic hydroxyl groups excluding tert-OH is 2. The van der Waals surface area contributed by atoms with Gasteiger partial charge in [-0.3, -0.25) is 0 Å². The Morgan fingerprint density at radius 2 is 1.71 bits per heavy atom. The van der Waals surface area contributed by atoms with Crippen LogP contribution in [0.4, 0.5) is 0 Å². The van der Waals surface area contributed by atoms with Crippen LogP contribution in [-0.4, -0.2) is 35.5 Å². The van der Waals surface area contributed by atoms with Crippen molar-refractivity contribution >= 4 is 12.0 Å². The van der Waals surface area contributed by atoms with Gasteiger partial charge in [0.05, 0.1) is 24.9 Å². The summed E-state index contributed by atoms with van der Waals surface area (Å²) in [5.41, 5.74) is 2.25. The zero-order chi connectivity index (χ0) is 27.2. The van der Waals surface area contributed by atoms with Gasteiger partial charge in [-0.15, -0.1) is 0 Å². The predicted octanol–water partition coefficient (Wildman–Crippen LogP) is 7.14. The number of methoxy groups -OCH3 is 1. The van der Waals surface area contributed by atoms with Crippen LogP contribution in [0.1, 0.15) is 101 Å². The number of hydrogen-bond acceptors (Lipinski definition) is 4. The molecule has 0 bridgehead atoms. The Bertz CT molecular complexity index is 1020. The zero-order valence-corrected chi connectivity index (χ0v) is 24.2. The van der Waals surface area contributed by atoms with Crippen LogP contribution in [0.15, 0.2) is 30.3 Å². The Labute approximate surface area is 230 Å². The number of aliphatic hydroxyl groups is 2. The normalized spacial score (nSPS) is 43.2. The van der Waals surface area contributed by atoms with Gasteiger partial charge in [0, 0.05) is 0 Å². The minimum atomic E-state index is -0.299. The average Bonchev–Trinajstić information content (AvgIpc) is 3.27. The van der Waals surface area contributed by atoms with Crippen molar-refractivity contribution in [1.29, 1.82) is 0 Å². The van der Waals surface area contributed by atoms with Gasteiger partial charge in [-0.25, -0.2) is 4.79 Å². The molecule has 4 heteroatoms. The third kappa shape index (κ3) is 4.58. The van der Waals surface area contributed by atoms with Gasteiger partial charge < -0.3 is 14.9 Å². The van der Waals surface area contributed by atoms with E-state index in [0.717, 1.165) is 37.7 Å². The third-order valence-corrected chi connectivity index (χ3v) is 12.3. The van der Waals surface area contributed by atoms with Gasteiger partial charge in [0.15, 0.2) is 0 Å². The van der Waals surface area contributed by atoms with Crippen LogP contribution in [0.3, 0.4) is 0 Å². The molecule has 1 aromatic carbocycles. The van der Waals surface area contributed by atoms with E-state index in [-0.39, 0.29) is 23.6 Å². The number of carbonyl (C=O) groups is 1. The minimum absolute atomic E-state index is 0.185. The van der Waals surface area contributed by atoms with Crippen LogP contribution in [0.2, 0.25) is 0 Å². The largest absolute Gasteiger partial charge is 0.465 e. The van der Waals surface area contributed by atoms with E-state index in [0.29, 0.717) is 52.4 Å². The van der Waals surface area contributed by atoms with Crippen LogP contribution in [0, 0.1) is 52.3 Å². The molecule has 0 spiro atoms. The molecule has 4 aliphatic rings. The molecule has 4 nitrogen and oxygen atoms in total. The molecule has 0 unspecified atom stereocenters. The number of fused-ring (bicyclic) bond motifs is 5. The van der Waals surface area contributed by atoms with Crippen molar-refractivity contribution in [3.8, 4) is 0 Å². The summed E-state index contributed by atoms with van der Waals surface area (Å²) in [5.74, 6) is 3.38. The fraction of sp³-hybridized carbons (Fsp3) is 0.735. The summed E-state index contributed by atoms with van der Waals surface area (Å²) in [7, 11) is 1.41. The monoisotopic (exact) mass is 522 g/mol. The van der Waals surface area contributed by atoms with Crippen LogP contribution in [0.5, 0.6) is 0 Å². The first-order valence-electron chi connectivity index (χ1n) is 15.3. The van der Waals surface area contributed by atoms with Crippen molar-refractivity contribution in [2.45, 2.75) is 97.7 Å². The highest BCUT2D eigenvalue weighted by Gasteiger charge is 2.64. The van der Waals surface area contributed by atoms with Crippen LogP contribution >= 0.6 is 0 Å². The summed E-state index contributed by atoms with van der Waals surface area (Å²) in [6, 6.07) is 7.61. The van der Waals surface area contributed by atoms with Gasteiger partial charge in [0.2, 0.25) is 0 Å². The molecule has 4 saturated carbocycles. The van der Waals surface area contributed by atoms with Gasteiger partial charge in [-0.05, 0) is 121 Å². The molecule has 38 heavy (non-hydrogen) atoms. The van der Waals surface area contributed by atoms with Gasteiger partial charge >= 0.3 is 5.97 Å².